The maximum Gasteiger partial charge on any atom is 0.338 e. The zero-order chi connectivity index (χ0) is 20.1. The summed E-state index contributed by atoms with van der Waals surface area (Å²) in [5.41, 5.74) is 2.89. The van der Waals surface area contributed by atoms with Gasteiger partial charge >= 0.3 is 5.97 Å². The van der Waals surface area contributed by atoms with Crippen molar-refractivity contribution < 1.29 is 23.5 Å². The zero-order valence-corrected chi connectivity index (χ0v) is 16.0. The van der Waals surface area contributed by atoms with Gasteiger partial charge in [-0.3, -0.25) is 4.79 Å². The molecule has 6 nitrogen and oxygen atoms in total. The van der Waals surface area contributed by atoms with E-state index >= 15 is 0 Å². The molecule has 0 unspecified atom stereocenters. The molecule has 1 heterocycles. The van der Waals surface area contributed by atoms with Crippen LogP contribution in [-0.4, -0.2) is 38.7 Å². The van der Waals surface area contributed by atoms with E-state index in [9.17, 15) is 14.0 Å². The molecule has 7 heteroatoms. The van der Waals surface area contributed by atoms with E-state index < -0.39 is 24.3 Å². The Kier molecular flexibility index (Phi) is 6.13. The SMILES string of the molecule is COc1ccc(C(=O)OCC(=O)Nc2ccc(N3CCCC3)c(C)c2)cc1F. The van der Waals surface area contributed by atoms with Crippen molar-refractivity contribution in [1.29, 1.82) is 0 Å². The maximum absolute atomic E-state index is 13.7. The molecule has 0 aliphatic carbocycles. The number of nitrogens with one attached hydrogen (secondary N) is 1. The highest BCUT2D eigenvalue weighted by molar-refractivity contribution is 5.95. The summed E-state index contributed by atoms with van der Waals surface area (Å²) in [6.07, 6.45) is 2.39. The average Bonchev–Trinajstić information content (AvgIpc) is 3.20. The average molecular weight is 386 g/mol. The van der Waals surface area contributed by atoms with Crippen molar-refractivity contribution in [3.05, 3.63) is 53.3 Å². The van der Waals surface area contributed by atoms with Crippen molar-refractivity contribution in [2.24, 2.45) is 0 Å². The first-order valence-electron chi connectivity index (χ1n) is 9.14. The predicted octanol–water partition coefficient (Wildman–Crippen LogP) is 3.54. The molecule has 0 atom stereocenters. The number of ether oxygens (including phenoxy) is 2. The van der Waals surface area contributed by atoms with Crippen LogP contribution in [0.1, 0.15) is 28.8 Å². The summed E-state index contributed by atoms with van der Waals surface area (Å²) in [7, 11) is 1.33. The minimum absolute atomic E-state index is 0.0110. The molecule has 1 fully saturated rings. The van der Waals surface area contributed by atoms with Crippen LogP contribution in [0.25, 0.3) is 0 Å². The van der Waals surface area contributed by atoms with Gasteiger partial charge in [-0.05, 0) is 61.7 Å². The fourth-order valence-electron chi connectivity index (χ4n) is 3.25. The molecule has 1 aliphatic rings. The van der Waals surface area contributed by atoms with Gasteiger partial charge in [-0.2, -0.15) is 0 Å². The van der Waals surface area contributed by atoms with Crippen LogP contribution in [0.5, 0.6) is 5.75 Å². The molecule has 1 aliphatic heterocycles. The van der Waals surface area contributed by atoms with Crippen molar-refractivity contribution in [2.45, 2.75) is 19.8 Å². The van der Waals surface area contributed by atoms with Crippen LogP contribution >= 0.6 is 0 Å². The summed E-state index contributed by atoms with van der Waals surface area (Å²) in [6, 6.07) is 9.44. The van der Waals surface area contributed by atoms with Crippen molar-refractivity contribution in [2.75, 3.05) is 37.0 Å². The second-order valence-corrected chi connectivity index (χ2v) is 6.67. The molecule has 1 amide bonds. The summed E-state index contributed by atoms with van der Waals surface area (Å²) in [6.45, 7) is 3.64. The van der Waals surface area contributed by atoms with Gasteiger partial charge in [0.1, 0.15) is 0 Å². The number of nitrogens with zero attached hydrogens (tertiary/aromatic N) is 1. The number of amides is 1. The number of rotatable bonds is 6. The Morgan fingerprint density at radius 2 is 1.89 bits per heavy atom. The van der Waals surface area contributed by atoms with Crippen molar-refractivity contribution >= 4 is 23.3 Å². The van der Waals surface area contributed by atoms with Gasteiger partial charge in [-0.1, -0.05) is 0 Å². The Morgan fingerprint density at radius 1 is 1.14 bits per heavy atom. The molecule has 1 N–H and O–H groups in total. The van der Waals surface area contributed by atoms with Crippen LogP contribution in [0.3, 0.4) is 0 Å². The van der Waals surface area contributed by atoms with E-state index in [1.54, 1.807) is 0 Å². The molecular weight excluding hydrogens is 363 g/mol. The summed E-state index contributed by atoms with van der Waals surface area (Å²) in [4.78, 5) is 26.4. The third kappa shape index (κ3) is 4.60. The quantitative estimate of drug-likeness (QED) is 0.769. The number of hydrogen-bond donors (Lipinski definition) is 1. The summed E-state index contributed by atoms with van der Waals surface area (Å²) in [5.74, 6) is -1.88. The number of halogens is 1. The van der Waals surface area contributed by atoms with E-state index in [0.29, 0.717) is 5.69 Å². The van der Waals surface area contributed by atoms with Gasteiger partial charge in [0.2, 0.25) is 0 Å². The highest BCUT2D eigenvalue weighted by atomic mass is 19.1. The first kappa shape index (κ1) is 19.7. The lowest BCUT2D eigenvalue weighted by Gasteiger charge is -2.20. The lowest BCUT2D eigenvalue weighted by molar-refractivity contribution is -0.119. The Hall–Kier alpha value is -3.09. The fourth-order valence-corrected chi connectivity index (χ4v) is 3.25. The van der Waals surface area contributed by atoms with Crippen LogP contribution in [0.4, 0.5) is 15.8 Å². The second kappa shape index (κ2) is 8.73. The van der Waals surface area contributed by atoms with E-state index in [1.165, 1.54) is 37.8 Å². The number of hydrogen-bond acceptors (Lipinski definition) is 5. The van der Waals surface area contributed by atoms with E-state index in [2.05, 4.69) is 10.2 Å². The molecule has 3 rings (SSSR count). The maximum atomic E-state index is 13.7. The van der Waals surface area contributed by atoms with Crippen LogP contribution < -0.4 is 15.0 Å². The predicted molar refractivity (Wildman–Crippen MR) is 104 cm³/mol. The van der Waals surface area contributed by atoms with E-state index in [1.807, 2.05) is 25.1 Å². The van der Waals surface area contributed by atoms with Crippen LogP contribution in [0, 0.1) is 12.7 Å². The lowest BCUT2D eigenvalue weighted by Crippen LogP contribution is -2.21. The molecule has 0 aromatic heterocycles. The Balaban J connectivity index is 1.54. The monoisotopic (exact) mass is 386 g/mol. The van der Waals surface area contributed by atoms with Gasteiger partial charge in [0, 0.05) is 24.5 Å². The van der Waals surface area contributed by atoms with Crippen LogP contribution in [0.15, 0.2) is 36.4 Å². The number of methoxy groups -OCH3 is 1. The molecule has 2 aromatic carbocycles. The zero-order valence-electron chi connectivity index (χ0n) is 16.0. The molecule has 0 radical (unpaired) electrons. The molecule has 2 aromatic rings. The van der Waals surface area contributed by atoms with Gasteiger partial charge in [0.25, 0.3) is 5.91 Å². The molecule has 1 saturated heterocycles. The molecule has 0 bridgehead atoms. The second-order valence-electron chi connectivity index (χ2n) is 6.67. The minimum Gasteiger partial charge on any atom is -0.494 e. The van der Waals surface area contributed by atoms with Gasteiger partial charge < -0.3 is 19.7 Å². The number of aryl methyl sites for hydroxylation is 1. The van der Waals surface area contributed by atoms with Gasteiger partial charge in [0.15, 0.2) is 18.2 Å². The fraction of sp³-hybridized carbons (Fsp3) is 0.333. The first-order chi connectivity index (χ1) is 13.5. The smallest absolute Gasteiger partial charge is 0.338 e. The van der Waals surface area contributed by atoms with Crippen molar-refractivity contribution in [1.82, 2.24) is 0 Å². The number of benzene rings is 2. The van der Waals surface area contributed by atoms with Gasteiger partial charge in [0.05, 0.1) is 12.7 Å². The first-order valence-corrected chi connectivity index (χ1v) is 9.14. The van der Waals surface area contributed by atoms with Gasteiger partial charge in [-0.15, -0.1) is 0 Å². The van der Waals surface area contributed by atoms with Gasteiger partial charge in [-0.25, -0.2) is 9.18 Å². The topological polar surface area (TPSA) is 67.9 Å². The highest BCUT2D eigenvalue weighted by Crippen LogP contribution is 2.26. The molecule has 0 spiro atoms. The van der Waals surface area contributed by atoms with Crippen LogP contribution in [-0.2, 0) is 9.53 Å². The van der Waals surface area contributed by atoms with Crippen LogP contribution in [0.2, 0.25) is 0 Å². The highest BCUT2D eigenvalue weighted by Gasteiger charge is 2.16. The normalized spacial score (nSPS) is 13.3. The lowest BCUT2D eigenvalue weighted by atomic mass is 10.1. The molecule has 148 valence electrons. The van der Waals surface area contributed by atoms with E-state index in [4.69, 9.17) is 9.47 Å². The molecule has 0 saturated carbocycles. The van der Waals surface area contributed by atoms with Crippen molar-refractivity contribution in [3.8, 4) is 5.75 Å². The third-order valence-corrected chi connectivity index (χ3v) is 4.65. The Labute approximate surface area is 163 Å². The number of anilines is 2. The largest absolute Gasteiger partial charge is 0.494 e. The van der Waals surface area contributed by atoms with Crippen molar-refractivity contribution in [3.63, 3.8) is 0 Å². The van der Waals surface area contributed by atoms with E-state index in [-0.39, 0.29) is 11.3 Å². The minimum atomic E-state index is -0.780. The van der Waals surface area contributed by atoms with E-state index in [0.717, 1.165) is 24.7 Å². The number of esters is 1. The number of carbonyl (C=O) groups is 2. The Bertz CT molecular complexity index is 879. The number of carbonyl (C=O) groups excluding carboxylic acids is 2. The molecule has 28 heavy (non-hydrogen) atoms. The Morgan fingerprint density at radius 3 is 2.54 bits per heavy atom. The molecular formula is C21H23FN2O4. The third-order valence-electron chi connectivity index (χ3n) is 4.65. The standard InChI is InChI=1S/C21H23FN2O4/c1-14-11-16(6-7-18(14)24-9-3-4-10-24)23-20(25)13-28-21(26)15-5-8-19(27-2)17(22)12-15/h5-8,11-12H,3-4,9-10,13H2,1-2H3,(H,23,25). The summed E-state index contributed by atoms with van der Waals surface area (Å²) >= 11 is 0. The summed E-state index contributed by atoms with van der Waals surface area (Å²) in [5, 5.41) is 2.71. The summed E-state index contributed by atoms with van der Waals surface area (Å²) < 4.78 is 23.4.